The molecule has 40 heavy (non-hydrogen) atoms. The molecule has 5 N–H and O–H groups in total. The first-order valence-corrected chi connectivity index (χ1v) is 12.9. The molecule has 0 fully saturated rings. The van der Waals surface area contributed by atoms with Crippen molar-refractivity contribution in [2.45, 2.75) is 59.9 Å². The van der Waals surface area contributed by atoms with Crippen LogP contribution in [0.5, 0.6) is 17.2 Å². The van der Waals surface area contributed by atoms with E-state index in [0.29, 0.717) is 28.4 Å². The van der Waals surface area contributed by atoms with Gasteiger partial charge in [0.15, 0.2) is 0 Å². The molecule has 0 bridgehead atoms. The average molecular weight is 550 g/mol. The molecule has 0 spiro atoms. The van der Waals surface area contributed by atoms with Gasteiger partial charge in [0.25, 0.3) is 11.8 Å². The number of carboxylic acid groups (broad SMARTS) is 1. The number of nitrogens with two attached hydrogens (primary N) is 1. The van der Waals surface area contributed by atoms with Crippen LogP contribution in [0.1, 0.15) is 72.6 Å². The van der Waals surface area contributed by atoms with Crippen molar-refractivity contribution in [1.29, 1.82) is 0 Å². The lowest BCUT2D eigenvalue weighted by molar-refractivity contribution is 0.0690. The molecule has 0 unspecified atom stereocenters. The zero-order valence-electron chi connectivity index (χ0n) is 23.4. The second-order valence-electron chi connectivity index (χ2n) is 9.89. The molecule has 10 heteroatoms. The Kier molecular flexibility index (Phi) is 9.60. The molecule has 10 nitrogen and oxygen atoms in total. The van der Waals surface area contributed by atoms with Gasteiger partial charge in [-0.05, 0) is 77.9 Å². The molecule has 212 valence electrons. The minimum Gasteiger partial charge on any atom is -0.490 e. The minimum atomic E-state index is -1.14. The van der Waals surface area contributed by atoms with Crippen LogP contribution in [0.25, 0.3) is 0 Å². The highest BCUT2D eigenvalue weighted by Gasteiger charge is 2.20. The number of anilines is 3. The summed E-state index contributed by atoms with van der Waals surface area (Å²) >= 11 is 0. The SMILES string of the molecule is CC(C)Oc1cc(NC(=O)c2ccc(NC(=O)c3ccc(N)cc3OC(C)C)cc2OC(C)C)ccc1C(=O)O. The van der Waals surface area contributed by atoms with E-state index < -0.39 is 17.8 Å². The molecule has 0 saturated heterocycles. The summed E-state index contributed by atoms with van der Waals surface area (Å²) in [6, 6.07) is 13.8. The summed E-state index contributed by atoms with van der Waals surface area (Å²) in [7, 11) is 0. The fourth-order valence-electron chi connectivity index (χ4n) is 3.74. The van der Waals surface area contributed by atoms with Crippen molar-refractivity contribution in [3.8, 4) is 17.2 Å². The molecule has 0 aliphatic heterocycles. The molecule has 3 aromatic rings. The van der Waals surface area contributed by atoms with Gasteiger partial charge in [-0.1, -0.05) is 0 Å². The summed E-state index contributed by atoms with van der Waals surface area (Å²) in [4.78, 5) is 37.9. The third-order valence-corrected chi connectivity index (χ3v) is 5.29. The lowest BCUT2D eigenvalue weighted by atomic mass is 10.1. The van der Waals surface area contributed by atoms with Crippen LogP contribution in [-0.2, 0) is 0 Å². The van der Waals surface area contributed by atoms with Gasteiger partial charge in [-0.3, -0.25) is 9.59 Å². The third-order valence-electron chi connectivity index (χ3n) is 5.29. The molecule has 0 atom stereocenters. The van der Waals surface area contributed by atoms with Gasteiger partial charge in [0, 0.05) is 35.3 Å². The Morgan fingerprint density at radius 2 is 1.00 bits per heavy atom. The first-order valence-electron chi connectivity index (χ1n) is 12.9. The number of nitrogen functional groups attached to an aromatic ring is 1. The Morgan fingerprint density at radius 3 is 1.43 bits per heavy atom. The number of carbonyl (C=O) groups is 3. The molecule has 0 radical (unpaired) electrons. The number of aromatic carboxylic acids is 1. The molecule has 0 saturated carbocycles. The normalized spacial score (nSPS) is 10.9. The quantitative estimate of drug-likeness (QED) is 0.218. The lowest BCUT2D eigenvalue weighted by Crippen LogP contribution is -2.18. The maximum Gasteiger partial charge on any atom is 0.339 e. The van der Waals surface area contributed by atoms with Crippen LogP contribution in [0.2, 0.25) is 0 Å². The van der Waals surface area contributed by atoms with Gasteiger partial charge in [0.05, 0.1) is 29.4 Å². The highest BCUT2D eigenvalue weighted by Crippen LogP contribution is 2.30. The number of ether oxygens (including phenoxy) is 3. The molecule has 0 heterocycles. The van der Waals surface area contributed by atoms with Crippen molar-refractivity contribution in [3.05, 3.63) is 71.3 Å². The van der Waals surface area contributed by atoms with Gasteiger partial charge >= 0.3 is 5.97 Å². The van der Waals surface area contributed by atoms with Crippen molar-refractivity contribution >= 4 is 34.8 Å². The highest BCUT2D eigenvalue weighted by atomic mass is 16.5. The zero-order valence-corrected chi connectivity index (χ0v) is 23.4. The molecule has 2 amide bonds. The van der Waals surface area contributed by atoms with E-state index in [4.69, 9.17) is 19.9 Å². The monoisotopic (exact) mass is 549 g/mol. The zero-order chi connectivity index (χ0) is 29.6. The summed E-state index contributed by atoms with van der Waals surface area (Å²) in [6.07, 6.45) is -0.689. The van der Waals surface area contributed by atoms with Gasteiger partial charge in [-0.25, -0.2) is 4.79 Å². The number of rotatable bonds is 11. The molecule has 0 aliphatic carbocycles. The van der Waals surface area contributed by atoms with Gasteiger partial charge < -0.3 is 35.7 Å². The largest absolute Gasteiger partial charge is 0.490 e. The van der Waals surface area contributed by atoms with E-state index >= 15 is 0 Å². The van der Waals surface area contributed by atoms with Crippen molar-refractivity contribution in [2.24, 2.45) is 0 Å². The summed E-state index contributed by atoms with van der Waals surface area (Å²) in [5.41, 5.74) is 7.60. The van der Waals surface area contributed by atoms with Crippen LogP contribution in [-0.4, -0.2) is 41.2 Å². The van der Waals surface area contributed by atoms with E-state index in [9.17, 15) is 19.5 Å². The smallest absolute Gasteiger partial charge is 0.339 e. The van der Waals surface area contributed by atoms with Crippen LogP contribution < -0.4 is 30.6 Å². The summed E-state index contributed by atoms with van der Waals surface area (Å²) in [5, 5.41) is 15.0. The minimum absolute atomic E-state index is 0.0151. The first-order chi connectivity index (χ1) is 18.8. The maximum absolute atomic E-state index is 13.2. The van der Waals surface area contributed by atoms with Gasteiger partial charge in [0.2, 0.25) is 0 Å². The van der Waals surface area contributed by atoms with Crippen LogP contribution in [0, 0.1) is 0 Å². The molecular weight excluding hydrogens is 514 g/mol. The summed E-state index contributed by atoms with van der Waals surface area (Å²) < 4.78 is 17.3. The van der Waals surface area contributed by atoms with E-state index in [1.807, 2.05) is 27.7 Å². The van der Waals surface area contributed by atoms with E-state index in [-0.39, 0.29) is 40.9 Å². The van der Waals surface area contributed by atoms with Gasteiger partial charge in [-0.15, -0.1) is 0 Å². The van der Waals surface area contributed by atoms with Crippen molar-refractivity contribution < 1.29 is 33.7 Å². The van der Waals surface area contributed by atoms with E-state index in [2.05, 4.69) is 10.6 Å². The number of hydrogen-bond acceptors (Lipinski definition) is 7. The second kappa shape index (κ2) is 12.9. The van der Waals surface area contributed by atoms with Crippen LogP contribution in [0.4, 0.5) is 17.1 Å². The van der Waals surface area contributed by atoms with E-state index in [0.717, 1.165) is 0 Å². The van der Waals surface area contributed by atoms with Crippen LogP contribution in [0.15, 0.2) is 54.6 Å². The molecule has 0 aromatic heterocycles. The topological polar surface area (TPSA) is 149 Å². The molecule has 3 rings (SSSR count). The Labute approximate surface area is 233 Å². The number of hydrogen-bond donors (Lipinski definition) is 4. The predicted molar refractivity (Wildman–Crippen MR) is 154 cm³/mol. The fraction of sp³-hybridized carbons (Fsp3) is 0.300. The first kappa shape index (κ1) is 29.8. The number of carboxylic acids is 1. The summed E-state index contributed by atoms with van der Waals surface area (Å²) in [5.74, 6) is -1.29. The maximum atomic E-state index is 13.2. The number of nitrogens with one attached hydrogen (secondary N) is 2. The standard InChI is InChI=1S/C30H35N3O7/c1-16(2)38-25-13-19(31)7-10-22(25)28(34)32-20-8-11-23(26(14-20)39-17(3)4)29(35)33-21-9-12-24(30(36)37)27(15-21)40-18(5)6/h7-18H,31H2,1-6H3,(H,32,34)(H,33,35)(H,36,37). The van der Waals surface area contributed by atoms with Crippen LogP contribution in [0.3, 0.4) is 0 Å². The molecule has 0 aliphatic rings. The van der Waals surface area contributed by atoms with Crippen LogP contribution >= 0.6 is 0 Å². The van der Waals surface area contributed by atoms with Gasteiger partial charge in [-0.2, -0.15) is 0 Å². The van der Waals surface area contributed by atoms with Crippen molar-refractivity contribution in [1.82, 2.24) is 0 Å². The van der Waals surface area contributed by atoms with Gasteiger partial charge in [0.1, 0.15) is 22.8 Å². The third kappa shape index (κ3) is 7.89. The fourth-order valence-corrected chi connectivity index (χ4v) is 3.74. The number of benzene rings is 3. The number of carbonyl (C=O) groups excluding carboxylic acids is 2. The second-order valence-corrected chi connectivity index (χ2v) is 9.89. The Hall–Kier alpha value is -4.73. The van der Waals surface area contributed by atoms with E-state index in [1.54, 1.807) is 44.2 Å². The Balaban J connectivity index is 1.88. The Bertz CT molecular complexity index is 1400. The highest BCUT2D eigenvalue weighted by molar-refractivity contribution is 6.09. The van der Waals surface area contributed by atoms with Crippen molar-refractivity contribution in [2.75, 3.05) is 16.4 Å². The summed E-state index contributed by atoms with van der Waals surface area (Å²) in [6.45, 7) is 10.9. The predicted octanol–water partition coefficient (Wildman–Crippen LogP) is 5.83. The van der Waals surface area contributed by atoms with Crippen molar-refractivity contribution in [3.63, 3.8) is 0 Å². The number of amides is 2. The lowest BCUT2D eigenvalue weighted by Gasteiger charge is -2.18. The average Bonchev–Trinajstić information content (AvgIpc) is 2.83. The molecule has 3 aromatic carbocycles. The van der Waals surface area contributed by atoms with E-state index in [1.165, 1.54) is 24.3 Å². The molecular formula is C30H35N3O7. The Morgan fingerprint density at radius 1 is 0.625 bits per heavy atom.